The number of piperazine rings is 1. The maximum absolute atomic E-state index is 12.9. The van der Waals surface area contributed by atoms with E-state index in [1.54, 1.807) is 11.8 Å². The van der Waals surface area contributed by atoms with E-state index >= 15 is 0 Å². The summed E-state index contributed by atoms with van der Waals surface area (Å²) in [6.07, 6.45) is 2.87. The first-order valence-corrected chi connectivity index (χ1v) is 12.9. The molecule has 2 aromatic rings. The maximum Gasteiger partial charge on any atom is 0.409 e. The second-order valence-corrected chi connectivity index (χ2v) is 9.56. The minimum atomic E-state index is -0.302. The lowest BCUT2D eigenvalue weighted by Gasteiger charge is -2.35. The SMILES string of the molecule is CCOC(=O)N1CCN(C(=O)c2ccc(N3CCC(NCCc4cccc(Cl)c4)CC3)cc2)CC1. The Labute approximate surface area is 213 Å². The number of carbonyl (C=O) groups excluding carboxylic acids is 2. The van der Waals surface area contributed by atoms with E-state index in [-0.39, 0.29) is 12.0 Å². The molecular weight excluding hydrogens is 464 g/mol. The van der Waals surface area contributed by atoms with Crippen LogP contribution in [0.4, 0.5) is 10.5 Å². The predicted molar refractivity (Wildman–Crippen MR) is 139 cm³/mol. The quantitative estimate of drug-likeness (QED) is 0.623. The van der Waals surface area contributed by atoms with Crippen molar-refractivity contribution in [3.05, 3.63) is 64.7 Å². The fraction of sp³-hybridized carbons (Fsp3) is 0.481. The zero-order chi connectivity index (χ0) is 24.6. The summed E-state index contributed by atoms with van der Waals surface area (Å²) < 4.78 is 5.05. The average Bonchev–Trinajstić information content (AvgIpc) is 2.89. The fourth-order valence-electron chi connectivity index (χ4n) is 4.76. The van der Waals surface area contributed by atoms with Crippen molar-refractivity contribution in [3.63, 3.8) is 0 Å². The molecule has 2 fully saturated rings. The molecule has 0 aromatic heterocycles. The van der Waals surface area contributed by atoms with Gasteiger partial charge in [0.05, 0.1) is 6.61 Å². The topological polar surface area (TPSA) is 65.1 Å². The summed E-state index contributed by atoms with van der Waals surface area (Å²) in [7, 11) is 0. The van der Waals surface area contributed by atoms with Crippen molar-refractivity contribution in [2.45, 2.75) is 32.2 Å². The number of ether oxygens (including phenoxy) is 1. The summed E-state index contributed by atoms with van der Waals surface area (Å²) >= 11 is 6.07. The molecule has 0 saturated carbocycles. The highest BCUT2D eigenvalue weighted by atomic mass is 35.5. The lowest BCUT2D eigenvalue weighted by molar-refractivity contribution is 0.0570. The minimum Gasteiger partial charge on any atom is -0.450 e. The molecule has 0 spiro atoms. The smallest absolute Gasteiger partial charge is 0.409 e. The normalized spacial score (nSPS) is 16.9. The van der Waals surface area contributed by atoms with Gasteiger partial charge in [0.2, 0.25) is 0 Å². The van der Waals surface area contributed by atoms with Crippen LogP contribution in [0.25, 0.3) is 0 Å². The molecule has 8 heteroatoms. The summed E-state index contributed by atoms with van der Waals surface area (Å²) in [5.74, 6) is 0.0164. The van der Waals surface area contributed by atoms with Gasteiger partial charge in [-0.3, -0.25) is 4.79 Å². The molecule has 0 atom stereocenters. The third kappa shape index (κ3) is 6.89. The molecule has 2 amide bonds. The van der Waals surface area contributed by atoms with Gasteiger partial charge in [0.15, 0.2) is 0 Å². The number of rotatable bonds is 7. The zero-order valence-corrected chi connectivity index (χ0v) is 21.2. The third-order valence-electron chi connectivity index (χ3n) is 6.80. The number of piperidine rings is 1. The van der Waals surface area contributed by atoms with Gasteiger partial charge >= 0.3 is 6.09 Å². The van der Waals surface area contributed by atoms with Crippen LogP contribution in [0.5, 0.6) is 0 Å². The highest BCUT2D eigenvalue weighted by Crippen LogP contribution is 2.22. The second kappa shape index (κ2) is 12.3. The van der Waals surface area contributed by atoms with Gasteiger partial charge < -0.3 is 24.8 Å². The molecular formula is C27H35ClN4O3. The standard InChI is InChI=1S/C27H35ClN4O3/c1-2-35-27(34)32-18-16-31(17-19-32)26(33)22-6-8-25(9-7-22)30-14-11-24(12-15-30)29-13-10-21-4-3-5-23(28)20-21/h3-9,20,24,29H,2,10-19H2,1H3. The van der Waals surface area contributed by atoms with Crippen LogP contribution in [0.1, 0.15) is 35.7 Å². The molecule has 0 aliphatic carbocycles. The Hall–Kier alpha value is -2.77. The molecule has 2 heterocycles. The molecule has 2 aliphatic rings. The maximum atomic E-state index is 12.9. The van der Waals surface area contributed by atoms with Crippen molar-refractivity contribution in [2.24, 2.45) is 0 Å². The van der Waals surface area contributed by atoms with E-state index in [2.05, 4.69) is 28.4 Å². The largest absolute Gasteiger partial charge is 0.450 e. The molecule has 0 radical (unpaired) electrons. The van der Waals surface area contributed by atoms with Crippen LogP contribution in [0, 0.1) is 0 Å². The van der Waals surface area contributed by atoms with Gasteiger partial charge in [-0.1, -0.05) is 23.7 Å². The van der Waals surface area contributed by atoms with Crippen LogP contribution in [0.2, 0.25) is 5.02 Å². The number of amides is 2. The van der Waals surface area contributed by atoms with E-state index in [0.717, 1.165) is 49.6 Å². The second-order valence-electron chi connectivity index (χ2n) is 9.12. The monoisotopic (exact) mass is 498 g/mol. The number of nitrogens with zero attached hydrogens (tertiary/aromatic N) is 3. The summed E-state index contributed by atoms with van der Waals surface area (Å²) in [6, 6.07) is 16.5. The lowest BCUT2D eigenvalue weighted by atomic mass is 10.0. The number of halogens is 1. The summed E-state index contributed by atoms with van der Waals surface area (Å²) in [4.78, 5) is 30.6. The zero-order valence-electron chi connectivity index (χ0n) is 20.4. The Kier molecular flexibility index (Phi) is 8.88. The molecule has 0 unspecified atom stereocenters. The van der Waals surface area contributed by atoms with E-state index in [1.807, 2.05) is 35.2 Å². The number of hydrogen-bond acceptors (Lipinski definition) is 5. The number of nitrogens with one attached hydrogen (secondary N) is 1. The van der Waals surface area contributed by atoms with Crippen LogP contribution in [0.3, 0.4) is 0 Å². The molecule has 7 nitrogen and oxygen atoms in total. The van der Waals surface area contributed by atoms with Crippen molar-refractivity contribution >= 4 is 29.3 Å². The van der Waals surface area contributed by atoms with Gasteiger partial charge in [-0.25, -0.2) is 4.79 Å². The molecule has 2 saturated heterocycles. The van der Waals surface area contributed by atoms with Crippen molar-refractivity contribution in [1.29, 1.82) is 0 Å². The Morgan fingerprint density at radius 3 is 2.31 bits per heavy atom. The van der Waals surface area contributed by atoms with Crippen LogP contribution < -0.4 is 10.2 Å². The molecule has 2 aromatic carbocycles. The molecule has 1 N–H and O–H groups in total. The number of anilines is 1. The van der Waals surface area contributed by atoms with Gasteiger partial charge in [0, 0.05) is 61.6 Å². The minimum absolute atomic E-state index is 0.0164. The van der Waals surface area contributed by atoms with E-state index in [0.29, 0.717) is 44.4 Å². The Balaban J connectivity index is 1.20. The highest BCUT2D eigenvalue weighted by molar-refractivity contribution is 6.30. The number of hydrogen-bond donors (Lipinski definition) is 1. The van der Waals surface area contributed by atoms with E-state index < -0.39 is 0 Å². The first kappa shape index (κ1) is 25.3. The summed E-state index contributed by atoms with van der Waals surface area (Å²) in [5, 5.41) is 4.48. The first-order chi connectivity index (χ1) is 17.0. The van der Waals surface area contributed by atoms with E-state index in [4.69, 9.17) is 16.3 Å². The molecule has 2 aliphatic heterocycles. The highest BCUT2D eigenvalue weighted by Gasteiger charge is 2.26. The lowest BCUT2D eigenvalue weighted by Crippen LogP contribution is -2.50. The number of carbonyl (C=O) groups is 2. The van der Waals surface area contributed by atoms with Crippen molar-refractivity contribution < 1.29 is 14.3 Å². The Morgan fingerprint density at radius 2 is 1.66 bits per heavy atom. The molecule has 4 rings (SSSR count). The fourth-order valence-corrected chi connectivity index (χ4v) is 4.97. The number of benzene rings is 2. The third-order valence-corrected chi connectivity index (χ3v) is 7.04. The Morgan fingerprint density at radius 1 is 0.971 bits per heavy atom. The van der Waals surface area contributed by atoms with Crippen LogP contribution >= 0.6 is 11.6 Å². The average molecular weight is 499 g/mol. The summed E-state index contributed by atoms with van der Waals surface area (Å²) in [5.41, 5.74) is 3.11. The molecule has 0 bridgehead atoms. The van der Waals surface area contributed by atoms with Crippen LogP contribution in [0.15, 0.2) is 48.5 Å². The van der Waals surface area contributed by atoms with Crippen molar-refractivity contribution in [1.82, 2.24) is 15.1 Å². The first-order valence-electron chi connectivity index (χ1n) is 12.6. The van der Waals surface area contributed by atoms with Crippen LogP contribution in [-0.2, 0) is 11.2 Å². The van der Waals surface area contributed by atoms with Gasteiger partial charge in [-0.2, -0.15) is 0 Å². The van der Waals surface area contributed by atoms with Gasteiger partial charge in [-0.15, -0.1) is 0 Å². The van der Waals surface area contributed by atoms with Gasteiger partial charge in [0.25, 0.3) is 5.91 Å². The van der Waals surface area contributed by atoms with Gasteiger partial charge in [0.1, 0.15) is 0 Å². The van der Waals surface area contributed by atoms with Crippen LogP contribution in [-0.4, -0.2) is 80.3 Å². The van der Waals surface area contributed by atoms with E-state index in [1.165, 1.54) is 5.56 Å². The van der Waals surface area contributed by atoms with Crippen molar-refractivity contribution in [2.75, 3.05) is 57.3 Å². The van der Waals surface area contributed by atoms with Crippen molar-refractivity contribution in [3.8, 4) is 0 Å². The predicted octanol–water partition coefficient (Wildman–Crippen LogP) is 4.06. The van der Waals surface area contributed by atoms with E-state index in [9.17, 15) is 9.59 Å². The molecule has 188 valence electrons. The summed E-state index contributed by atoms with van der Waals surface area (Å²) in [6.45, 7) is 7.17. The van der Waals surface area contributed by atoms with Gasteiger partial charge in [-0.05, 0) is 74.7 Å². The Bertz CT molecular complexity index is 984. The molecule has 35 heavy (non-hydrogen) atoms.